The minimum Gasteiger partial charge on any atom is -0.286 e. The lowest BCUT2D eigenvalue weighted by molar-refractivity contribution is 0.0979. The molecule has 22 heavy (non-hydrogen) atoms. The maximum Gasteiger partial charge on any atom is 0.225 e. The molecule has 116 valence electrons. The standard InChI is InChI=1S/C16H18N2O2S2/c1-15(2,3)13-17-7-9(19)12-8(10(20)11(7)21-13)18-14(22-12)16(4,5)6/h1-6H3. The molecule has 0 unspecified atom stereocenters. The van der Waals surface area contributed by atoms with Crippen molar-refractivity contribution in [2.45, 2.75) is 52.4 Å². The molecule has 0 radical (unpaired) electrons. The second-order valence-corrected chi connectivity index (χ2v) is 9.55. The van der Waals surface area contributed by atoms with Crippen molar-refractivity contribution in [1.29, 1.82) is 0 Å². The van der Waals surface area contributed by atoms with E-state index in [1.54, 1.807) is 0 Å². The van der Waals surface area contributed by atoms with E-state index < -0.39 is 0 Å². The van der Waals surface area contributed by atoms with Gasteiger partial charge in [-0.3, -0.25) is 9.59 Å². The summed E-state index contributed by atoms with van der Waals surface area (Å²) in [6.45, 7) is 12.2. The van der Waals surface area contributed by atoms with Crippen molar-refractivity contribution < 1.29 is 9.59 Å². The minimum absolute atomic E-state index is 0.163. The number of aromatic nitrogens is 2. The molecule has 0 aliphatic heterocycles. The average Bonchev–Trinajstić information content (AvgIpc) is 2.99. The number of hydrogen-bond donors (Lipinski definition) is 0. The van der Waals surface area contributed by atoms with Crippen LogP contribution in [-0.2, 0) is 10.8 Å². The van der Waals surface area contributed by atoms with Crippen molar-refractivity contribution in [1.82, 2.24) is 9.97 Å². The number of ketones is 2. The van der Waals surface area contributed by atoms with Crippen molar-refractivity contribution >= 4 is 34.2 Å². The lowest BCUT2D eigenvalue weighted by Gasteiger charge is -2.13. The van der Waals surface area contributed by atoms with Crippen LogP contribution in [-0.4, -0.2) is 21.5 Å². The molecule has 0 aromatic carbocycles. The summed E-state index contributed by atoms with van der Waals surface area (Å²) in [6, 6.07) is 0. The van der Waals surface area contributed by atoms with E-state index in [1.165, 1.54) is 22.7 Å². The number of carbonyl (C=O) groups is 2. The summed E-state index contributed by atoms with van der Waals surface area (Å²) in [5, 5.41) is 1.62. The molecule has 2 heterocycles. The van der Waals surface area contributed by atoms with E-state index in [4.69, 9.17) is 0 Å². The van der Waals surface area contributed by atoms with Crippen LogP contribution in [0.3, 0.4) is 0 Å². The van der Waals surface area contributed by atoms with Crippen molar-refractivity contribution in [2.24, 2.45) is 0 Å². The fourth-order valence-electron chi connectivity index (χ4n) is 2.11. The molecule has 0 bridgehead atoms. The van der Waals surface area contributed by atoms with Crippen LogP contribution in [0.25, 0.3) is 0 Å². The molecule has 4 nitrogen and oxygen atoms in total. The van der Waals surface area contributed by atoms with Gasteiger partial charge in [-0.05, 0) is 0 Å². The predicted molar refractivity (Wildman–Crippen MR) is 88.5 cm³/mol. The summed E-state index contributed by atoms with van der Waals surface area (Å²) >= 11 is 2.64. The number of nitrogens with zero attached hydrogens (tertiary/aromatic N) is 2. The van der Waals surface area contributed by atoms with Crippen LogP contribution in [0.1, 0.15) is 82.3 Å². The molecule has 1 aliphatic rings. The van der Waals surface area contributed by atoms with Crippen LogP contribution < -0.4 is 0 Å². The summed E-state index contributed by atoms with van der Waals surface area (Å²) in [5.41, 5.74) is 0.244. The first kappa shape index (κ1) is 15.5. The van der Waals surface area contributed by atoms with E-state index in [0.717, 1.165) is 10.0 Å². The number of carbonyl (C=O) groups excluding carboxylic acids is 2. The Morgan fingerprint density at radius 2 is 1.00 bits per heavy atom. The topological polar surface area (TPSA) is 59.9 Å². The Labute approximate surface area is 137 Å². The largest absolute Gasteiger partial charge is 0.286 e. The zero-order chi connectivity index (χ0) is 16.4. The van der Waals surface area contributed by atoms with Gasteiger partial charge in [0.2, 0.25) is 11.6 Å². The van der Waals surface area contributed by atoms with Gasteiger partial charge in [0.1, 0.15) is 21.1 Å². The van der Waals surface area contributed by atoms with Crippen LogP contribution in [0, 0.1) is 0 Å². The molecule has 3 rings (SSSR count). The molecule has 2 aromatic rings. The molecule has 6 heteroatoms. The van der Waals surface area contributed by atoms with Gasteiger partial charge < -0.3 is 0 Å². The zero-order valence-corrected chi connectivity index (χ0v) is 15.2. The SMILES string of the molecule is CC(C)(C)c1nc2c(s1)C(=O)c1nc(C(C)(C)C)sc1C2=O. The third kappa shape index (κ3) is 2.25. The molecule has 0 saturated carbocycles. The van der Waals surface area contributed by atoms with Crippen LogP contribution in [0.4, 0.5) is 0 Å². The molecule has 2 aromatic heterocycles. The average molecular weight is 334 g/mol. The van der Waals surface area contributed by atoms with Gasteiger partial charge in [-0.1, -0.05) is 41.5 Å². The second kappa shape index (κ2) is 4.55. The number of fused-ring (bicyclic) bond motifs is 2. The van der Waals surface area contributed by atoms with E-state index in [-0.39, 0.29) is 22.4 Å². The van der Waals surface area contributed by atoms with Crippen LogP contribution >= 0.6 is 22.7 Å². The summed E-state index contributed by atoms with van der Waals surface area (Å²) in [5.74, 6) is -0.325. The summed E-state index contributed by atoms with van der Waals surface area (Å²) < 4.78 is 0. The summed E-state index contributed by atoms with van der Waals surface area (Å²) in [6.07, 6.45) is 0. The lowest BCUT2D eigenvalue weighted by atomic mass is 9.97. The van der Waals surface area contributed by atoms with Crippen LogP contribution in [0.5, 0.6) is 0 Å². The van der Waals surface area contributed by atoms with E-state index in [2.05, 4.69) is 9.97 Å². The molecule has 0 amide bonds. The van der Waals surface area contributed by atoms with Crippen molar-refractivity contribution in [3.8, 4) is 0 Å². The minimum atomic E-state index is -0.181. The highest BCUT2D eigenvalue weighted by Crippen LogP contribution is 2.39. The van der Waals surface area contributed by atoms with Gasteiger partial charge >= 0.3 is 0 Å². The molecule has 1 aliphatic carbocycles. The van der Waals surface area contributed by atoms with Gasteiger partial charge in [0, 0.05) is 10.8 Å². The number of hydrogen-bond acceptors (Lipinski definition) is 6. The van der Waals surface area contributed by atoms with E-state index in [0.29, 0.717) is 21.1 Å². The first-order valence-electron chi connectivity index (χ1n) is 7.12. The second-order valence-electron chi connectivity index (χ2n) is 7.55. The van der Waals surface area contributed by atoms with Gasteiger partial charge in [0.15, 0.2) is 0 Å². The van der Waals surface area contributed by atoms with Crippen molar-refractivity contribution in [3.63, 3.8) is 0 Å². The highest BCUT2D eigenvalue weighted by atomic mass is 32.1. The zero-order valence-electron chi connectivity index (χ0n) is 13.5. The fourth-order valence-corrected chi connectivity index (χ4v) is 4.23. The lowest BCUT2D eigenvalue weighted by Crippen LogP contribution is -2.18. The van der Waals surface area contributed by atoms with Gasteiger partial charge in [-0.15, -0.1) is 22.7 Å². The summed E-state index contributed by atoms with van der Waals surface area (Å²) in [7, 11) is 0. The molecule has 0 saturated heterocycles. The van der Waals surface area contributed by atoms with Gasteiger partial charge in [-0.2, -0.15) is 0 Å². The molecular formula is C16H18N2O2S2. The Hall–Kier alpha value is -1.40. The number of rotatable bonds is 0. The Morgan fingerprint density at radius 1 is 0.682 bits per heavy atom. The summed E-state index contributed by atoms with van der Waals surface area (Å²) in [4.78, 5) is 35.2. The smallest absolute Gasteiger partial charge is 0.225 e. The van der Waals surface area contributed by atoms with Crippen LogP contribution in [0.15, 0.2) is 0 Å². The maximum atomic E-state index is 12.7. The maximum absolute atomic E-state index is 12.7. The molecule has 0 fully saturated rings. The van der Waals surface area contributed by atoms with E-state index >= 15 is 0 Å². The van der Waals surface area contributed by atoms with Crippen molar-refractivity contribution in [3.05, 3.63) is 31.2 Å². The third-order valence-corrected chi connectivity index (χ3v) is 6.34. The normalized spacial score (nSPS) is 15.0. The Morgan fingerprint density at radius 3 is 1.27 bits per heavy atom. The van der Waals surface area contributed by atoms with E-state index in [1.807, 2.05) is 41.5 Å². The highest BCUT2D eigenvalue weighted by Gasteiger charge is 2.39. The molecule has 0 spiro atoms. The molecular weight excluding hydrogens is 316 g/mol. The Kier molecular flexibility index (Phi) is 3.21. The Bertz CT molecular complexity index is 686. The predicted octanol–water partition coefficient (Wildman–Crippen LogP) is 3.97. The molecule has 0 atom stereocenters. The van der Waals surface area contributed by atoms with Gasteiger partial charge in [0.25, 0.3) is 0 Å². The van der Waals surface area contributed by atoms with Crippen LogP contribution in [0.2, 0.25) is 0 Å². The first-order chi connectivity index (χ1) is 10.00. The first-order valence-corrected chi connectivity index (χ1v) is 8.75. The fraction of sp³-hybridized carbons (Fsp3) is 0.500. The third-order valence-electron chi connectivity index (χ3n) is 3.38. The van der Waals surface area contributed by atoms with E-state index in [9.17, 15) is 9.59 Å². The Balaban J connectivity index is 2.16. The molecule has 0 N–H and O–H groups in total. The highest BCUT2D eigenvalue weighted by molar-refractivity contribution is 7.16. The van der Waals surface area contributed by atoms with Gasteiger partial charge in [0.05, 0.1) is 10.0 Å². The monoisotopic (exact) mass is 334 g/mol. The van der Waals surface area contributed by atoms with Crippen molar-refractivity contribution in [2.75, 3.05) is 0 Å². The van der Waals surface area contributed by atoms with Gasteiger partial charge in [-0.25, -0.2) is 9.97 Å². The quantitative estimate of drug-likeness (QED) is 0.624. The number of thiazole rings is 2.